The van der Waals surface area contributed by atoms with Crippen LogP contribution in [-0.2, 0) is 13.0 Å². The second kappa shape index (κ2) is 3.91. The van der Waals surface area contributed by atoms with E-state index in [1.807, 2.05) is 0 Å². The molecule has 1 rings (SSSR count). The van der Waals surface area contributed by atoms with Crippen LogP contribution >= 0.6 is 8.25 Å². The van der Waals surface area contributed by atoms with Gasteiger partial charge in [0.1, 0.15) is 0 Å². The minimum atomic E-state index is -1.69. The molecule has 0 aromatic heterocycles. The first-order chi connectivity index (χ1) is 5.22. The van der Waals surface area contributed by atoms with E-state index in [0.29, 0.717) is 4.66 Å². The summed E-state index contributed by atoms with van der Waals surface area (Å²) in [5.74, 6) is 0. The van der Waals surface area contributed by atoms with Crippen LogP contribution in [-0.4, -0.2) is 19.5 Å². The average Bonchev–Trinajstić information content (AvgIpc) is 2.07. The molecule has 0 N–H and O–H groups in total. The summed E-state index contributed by atoms with van der Waals surface area (Å²) >= 11 is 0. The van der Waals surface area contributed by atoms with Crippen molar-refractivity contribution in [1.82, 2.24) is 0 Å². The molecule has 64 valence electrons. The maximum atomic E-state index is 10.8. The average molecular weight is 209 g/mol. The van der Waals surface area contributed by atoms with E-state index in [0.717, 1.165) is 12.8 Å². The van der Waals surface area contributed by atoms with Gasteiger partial charge in [0.2, 0.25) is 19.5 Å². The van der Waals surface area contributed by atoms with Crippen LogP contribution in [0, 0.1) is 0 Å². The Morgan fingerprint density at radius 3 is 2.09 bits per heavy atom. The molecule has 0 bridgehead atoms. The van der Waals surface area contributed by atoms with Gasteiger partial charge in [-0.25, -0.2) is 0 Å². The summed E-state index contributed by atoms with van der Waals surface area (Å²) in [5, 5.41) is 0. The maximum absolute atomic E-state index is 10.8. The molecule has 0 aromatic carbocycles. The zero-order valence-corrected chi connectivity index (χ0v) is 10.7. The van der Waals surface area contributed by atoms with E-state index in [2.05, 4.69) is 13.8 Å². The molecule has 3 nitrogen and oxygen atoms in total. The second-order valence-corrected chi connectivity index (χ2v) is 10.1. The van der Waals surface area contributed by atoms with E-state index < -0.39 is 27.8 Å². The molecular weight excluding hydrogens is 195 g/mol. The van der Waals surface area contributed by atoms with Crippen LogP contribution in [0.2, 0.25) is 4.66 Å². The Morgan fingerprint density at radius 1 is 1.27 bits per heavy atom. The van der Waals surface area contributed by atoms with Crippen molar-refractivity contribution in [3.8, 4) is 0 Å². The molecule has 0 amide bonds. The minimum absolute atomic E-state index is 0.392. The molecule has 0 aromatic rings. The monoisotopic (exact) mass is 209 g/mol. The smallest absolute Gasteiger partial charge is 0.184 e. The predicted molar refractivity (Wildman–Crippen MR) is 50.1 cm³/mol. The normalized spacial score (nSPS) is 31.3. The molecule has 11 heavy (non-hydrogen) atoms. The van der Waals surface area contributed by atoms with Crippen molar-refractivity contribution in [3.63, 3.8) is 0 Å². The fourth-order valence-corrected chi connectivity index (χ4v) is 7.91. The zero-order chi connectivity index (χ0) is 8.32. The summed E-state index contributed by atoms with van der Waals surface area (Å²) in [6, 6.07) is 0. The van der Waals surface area contributed by atoms with Gasteiger partial charge in [0.05, 0.1) is 0 Å². The van der Waals surface area contributed by atoms with Crippen LogP contribution in [0.5, 0.6) is 0 Å². The molecule has 0 unspecified atom stereocenters. The fourth-order valence-electron chi connectivity index (χ4n) is 1.12. The number of hydrogen-bond acceptors (Lipinski definition) is 3. The van der Waals surface area contributed by atoms with Crippen LogP contribution < -0.4 is 0 Å². The van der Waals surface area contributed by atoms with E-state index in [4.69, 9.17) is 8.43 Å². The molecule has 0 saturated carbocycles. The third kappa shape index (κ3) is 2.19. The Balaban J connectivity index is 2.52. The zero-order valence-electron chi connectivity index (χ0n) is 7.00. The van der Waals surface area contributed by atoms with Gasteiger partial charge in [-0.1, -0.05) is 26.7 Å². The molecular formula is C5H14O3PSi2+. The quantitative estimate of drug-likeness (QED) is 0.498. The van der Waals surface area contributed by atoms with E-state index in [1.165, 1.54) is 0 Å². The second-order valence-electron chi connectivity index (χ2n) is 2.98. The van der Waals surface area contributed by atoms with Gasteiger partial charge >= 0.3 is 8.25 Å². The molecule has 1 aliphatic heterocycles. The van der Waals surface area contributed by atoms with Crippen LogP contribution in [0.1, 0.15) is 26.7 Å². The van der Waals surface area contributed by atoms with Crippen molar-refractivity contribution in [2.24, 2.45) is 0 Å². The highest BCUT2D eigenvalue weighted by atomic mass is 31.1. The summed E-state index contributed by atoms with van der Waals surface area (Å²) in [6.45, 7) is 4.35. The van der Waals surface area contributed by atoms with Crippen molar-refractivity contribution in [2.45, 2.75) is 31.4 Å². The Morgan fingerprint density at radius 2 is 1.73 bits per heavy atom. The Labute approximate surface area is 72.7 Å². The SMILES string of the molecule is CCC1(CC)[SiH2]O[P+](=O)O[SiH2]1. The third-order valence-corrected chi connectivity index (χ3v) is 9.62. The lowest BCUT2D eigenvalue weighted by Crippen LogP contribution is -2.31. The molecule has 0 radical (unpaired) electrons. The van der Waals surface area contributed by atoms with Gasteiger partial charge in [-0.3, -0.25) is 0 Å². The van der Waals surface area contributed by atoms with Crippen LogP contribution in [0.4, 0.5) is 0 Å². The molecule has 0 atom stereocenters. The Bertz CT molecular complexity index is 148. The van der Waals surface area contributed by atoms with E-state index in [1.54, 1.807) is 0 Å². The summed E-state index contributed by atoms with van der Waals surface area (Å²) in [4.78, 5) is 0. The van der Waals surface area contributed by atoms with E-state index >= 15 is 0 Å². The highest BCUT2D eigenvalue weighted by molar-refractivity contribution is 7.37. The fraction of sp³-hybridized carbons (Fsp3) is 1.00. The summed E-state index contributed by atoms with van der Waals surface area (Å²) in [7, 11) is -2.85. The largest absolute Gasteiger partial charge is 0.671 e. The van der Waals surface area contributed by atoms with E-state index in [-0.39, 0.29) is 0 Å². The lowest BCUT2D eigenvalue weighted by Gasteiger charge is -2.26. The first-order valence-corrected chi connectivity index (χ1v) is 7.62. The van der Waals surface area contributed by atoms with Gasteiger partial charge in [-0.05, 0) is 0 Å². The number of hydrogen-bond donors (Lipinski definition) is 0. The predicted octanol–water partition coefficient (Wildman–Crippen LogP) is 0.794. The summed E-state index contributed by atoms with van der Waals surface area (Å²) in [5.41, 5.74) is 0. The van der Waals surface area contributed by atoms with Crippen molar-refractivity contribution in [2.75, 3.05) is 0 Å². The standard InChI is InChI=1S/C5H14O3PSi2/c1-3-5(4-2)10-7-9(6)8-11-5/h3-4,10-11H2,1-2H3/q+1. The van der Waals surface area contributed by atoms with Gasteiger partial charge in [0, 0.05) is 9.23 Å². The van der Waals surface area contributed by atoms with Gasteiger partial charge in [-0.15, -0.1) is 0 Å². The topological polar surface area (TPSA) is 35.5 Å². The van der Waals surface area contributed by atoms with Crippen molar-refractivity contribution in [1.29, 1.82) is 0 Å². The van der Waals surface area contributed by atoms with Crippen LogP contribution in [0.25, 0.3) is 0 Å². The number of rotatable bonds is 2. The first kappa shape index (κ1) is 9.54. The highest BCUT2D eigenvalue weighted by Gasteiger charge is 2.42. The van der Waals surface area contributed by atoms with Crippen molar-refractivity contribution >= 4 is 27.8 Å². The molecule has 0 spiro atoms. The molecule has 6 heteroatoms. The maximum Gasteiger partial charge on any atom is 0.671 e. The first-order valence-electron chi connectivity index (χ1n) is 3.95. The molecule has 1 aliphatic rings. The molecule has 0 aliphatic carbocycles. The molecule has 1 saturated heterocycles. The highest BCUT2D eigenvalue weighted by Crippen LogP contribution is 2.42. The van der Waals surface area contributed by atoms with Crippen LogP contribution in [0.15, 0.2) is 0 Å². The van der Waals surface area contributed by atoms with Gasteiger partial charge in [-0.2, -0.15) is 8.43 Å². The van der Waals surface area contributed by atoms with E-state index in [9.17, 15) is 4.57 Å². The Hall–Kier alpha value is 0.454. The van der Waals surface area contributed by atoms with Gasteiger partial charge < -0.3 is 0 Å². The minimum Gasteiger partial charge on any atom is -0.184 e. The van der Waals surface area contributed by atoms with Crippen molar-refractivity contribution in [3.05, 3.63) is 0 Å². The van der Waals surface area contributed by atoms with Crippen LogP contribution in [0.3, 0.4) is 0 Å². The van der Waals surface area contributed by atoms with Crippen molar-refractivity contribution < 1.29 is 13.0 Å². The molecule has 1 fully saturated rings. The third-order valence-electron chi connectivity index (χ3n) is 2.45. The summed E-state index contributed by atoms with van der Waals surface area (Å²) < 4.78 is 21.4. The lowest BCUT2D eigenvalue weighted by atomic mass is 10.2. The Kier molecular flexibility index (Phi) is 3.39. The van der Waals surface area contributed by atoms with Gasteiger partial charge in [0.15, 0.2) is 0 Å². The lowest BCUT2D eigenvalue weighted by molar-refractivity contribution is 0.390. The summed E-state index contributed by atoms with van der Waals surface area (Å²) in [6.07, 6.45) is 2.29. The molecule has 1 heterocycles. The van der Waals surface area contributed by atoms with Gasteiger partial charge in [0.25, 0.3) is 0 Å².